The summed E-state index contributed by atoms with van der Waals surface area (Å²) in [5.74, 6) is -2.87. The number of nitrogens with one attached hydrogen (secondary N) is 2. The van der Waals surface area contributed by atoms with E-state index in [0.717, 1.165) is 24.6 Å². The minimum absolute atomic E-state index is 0.0439. The molecule has 2 aliphatic rings. The Kier molecular flexibility index (Phi) is 3.72. The number of rotatable bonds is 4. The number of benzene rings is 1. The molecule has 0 spiro atoms. The van der Waals surface area contributed by atoms with Gasteiger partial charge in [0.25, 0.3) is 0 Å². The standard InChI is InChI=1S/C14H14F4N2O3/c15-11-7(2-1-3-9(11)23-14(16,17)18)20-12(22)8-4-13(6-21)5-10(13)19-8/h1-3,8,10,19,21H,4-6H2,(H,20,22). The minimum atomic E-state index is -5.02. The molecule has 0 aromatic heterocycles. The Morgan fingerprint density at radius 3 is 2.78 bits per heavy atom. The van der Waals surface area contributed by atoms with Gasteiger partial charge in [0.05, 0.1) is 18.3 Å². The van der Waals surface area contributed by atoms with Crippen LogP contribution in [0.3, 0.4) is 0 Å². The molecule has 1 amide bonds. The zero-order valence-electron chi connectivity index (χ0n) is 11.8. The van der Waals surface area contributed by atoms with E-state index in [4.69, 9.17) is 0 Å². The van der Waals surface area contributed by atoms with Crippen molar-refractivity contribution < 1.29 is 32.2 Å². The summed E-state index contributed by atoms with van der Waals surface area (Å²) in [5.41, 5.74) is -0.695. The number of carbonyl (C=O) groups is 1. The summed E-state index contributed by atoms with van der Waals surface area (Å²) in [5, 5.41) is 14.6. The molecule has 126 valence electrons. The number of aliphatic hydroxyl groups is 1. The fourth-order valence-electron chi connectivity index (χ4n) is 2.96. The van der Waals surface area contributed by atoms with Gasteiger partial charge in [0.15, 0.2) is 11.6 Å². The molecule has 23 heavy (non-hydrogen) atoms. The van der Waals surface area contributed by atoms with Gasteiger partial charge in [0.2, 0.25) is 5.91 Å². The highest BCUT2D eigenvalue weighted by Gasteiger charge is 2.61. The van der Waals surface area contributed by atoms with Gasteiger partial charge < -0.3 is 20.5 Å². The maximum absolute atomic E-state index is 14.0. The number of hydrogen-bond donors (Lipinski definition) is 3. The van der Waals surface area contributed by atoms with Crippen LogP contribution in [0.4, 0.5) is 23.2 Å². The molecule has 5 nitrogen and oxygen atoms in total. The first-order valence-corrected chi connectivity index (χ1v) is 6.96. The number of amides is 1. The molecule has 3 unspecified atom stereocenters. The van der Waals surface area contributed by atoms with Crippen LogP contribution in [0.2, 0.25) is 0 Å². The Balaban J connectivity index is 1.69. The Hall–Kier alpha value is -1.87. The van der Waals surface area contributed by atoms with Crippen molar-refractivity contribution in [1.82, 2.24) is 5.32 Å². The molecular formula is C14H14F4N2O3. The van der Waals surface area contributed by atoms with Crippen LogP contribution < -0.4 is 15.4 Å². The summed E-state index contributed by atoms with van der Waals surface area (Å²) >= 11 is 0. The third-order valence-corrected chi connectivity index (χ3v) is 4.28. The minimum Gasteiger partial charge on any atom is -0.403 e. The Bertz CT molecular complexity index is 633. The number of halogens is 4. The van der Waals surface area contributed by atoms with E-state index in [1.165, 1.54) is 0 Å². The fourth-order valence-corrected chi connectivity index (χ4v) is 2.96. The molecule has 1 heterocycles. The first-order valence-electron chi connectivity index (χ1n) is 6.96. The highest BCUT2D eigenvalue weighted by molar-refractivity contribution is 5.95. The van der Waals surface area contributed by atoms with Crippen LogP contribution >= 0.6 is 0 Å². The topological polar surface area (TPSA) is 70.6 Å². The molecule has 2 fully saturated rings. The smallest absolute Gasteiger partial charge is 0.403 e. The summed E-state index contributed by atoms with van der Waals surface area (Å²) in [6.45, 7) is -0.0439. The Labute approximate surface area is 128 Å². The molecule has 0 radical (unpaired) electrons. The van der Waals surface area contributed by atoms with Crippen LogP contribution in [0.15, 0.2) is 18.2 Å². The lowest BCUT2D eigenvalue weighted by molar-refractivity contribution is -0.275. The molecule has 1 aliphatic carbocycles. The number of aliphatic hydroxyl groups excluding tert-OH is 1. The average molecular weight is 334 g/mol. The molecule has 1 aromatic carbocycles. The van der Waals surface area contributed by atoms with Crippen molar-refractivity contribution in [2.45, 2.75) is 31.3 Å². The van der Waals surface area contributed by atoms with Crippen LogP contribution in [0.5, 0.6) is 5.75 Å². The van der Waals surface area contributed by atoms with Gasteiger partial charge >= 0.3 is 6.36 Å². The zero-order valence-corrected chi connectivity index (χ0v) is 11.8. The van der Waals surface area contributed by atoms with Crippen molar-refractivity contribution in [2.24, 2.45) is 5.41 Å². The van der Waals surface area contributed by atoms with E-state index in [-0.39, 0.29) is 18.1 Å². The second kappa shape index (κ2) is 5.34. The van der Waals surface area contributed by atoms with E-state index in [9.17, 15) is 27.5 Å². The molecule has 9 heteroatoms. The summed E-state index contributed by atoms with van der Waals surface area (Å²) in [4.78, 5) is 12.1. The number of carbonyl (C=O) groups excluding carboxylic acids is 1. The van der Waals surface area contributed by atoms with Crippen molar-refractivity contribution in [3.63, 3.8) is 0 Å². The van der Waals surface area contributed by atoms with E-state index in [0.29, 0.717) is 6.42 Å². The molecule has 0 bridgehead atoms. The summed E-state index contributed by atoms with van der Waals surface area (Å²) in [6.07, 6.45) is -3.85. The van der Waals surface area contributed by atoms with Crippen molar-refractivity contribution >= 4 is 11.6 Å². The Morgan fingerprint density at radius 1 is 1.43 bits per heavy atom. The third kappa shape index (κ3) is 3.11. The van der Waals surface area contributed by atoms with Crippen molar-refractivity contribution in [3.05, 3.63) is 24.0 Å². The lowest BCUT2D eigenvalue weighted by atomic mass is 10.0. The van der Waals surface area contributed by atoms with E-state index in [1.54, 1.807) is 0 Å². The zero-order chi connectivity index (χ0) is 16.8. The predicted octanol–water partition coefficient (Wildman–Crippen LogP) is 1.78. The Morgan fingerprint density at radius 2 is 2.17 bits per heavy atom. The highest BCUT2D eigenvalue weighted by atomic mass is 19.4. The number of fused-ring (bicyclic) bond motifs is 1. The van der Waals surface area contributed by atoms with Crippen LogP contribution in [0, 0.1) is 11.2 Å². The van der Waals surface area contributed by atoms with Crippen molar-refractivity contribution in [2.75, 3.05) is 11.9 Å². The SMILES string of the molecule is O=C(Nc1cccc(OC(F)(F)F)c1F)C1CC2(CO)CC2N1. The van der Waals surface area contributed by atoms with Gasteiger partial charge in [-0.05, 0) is 25.0 Å². The van der Waals surface area contributed by atoms with Crippen LogP contribution in [0.1, 0.15) is 12.8 Å². The quantitative estimate of drug-likeness (QED) is 0.734. The summed E-state index contributed by atoms with van der Waals surface area (Å²) < 4.78 is 54.1. The molecule has 1 saturated heterocycles. The molecule has 3 atom stereocenters. The lowest BCUT2D eigenvalue weighted by Gasteiger charge is -2.16. The molecular weight excluding hydrogens is 320 g/mol. The van der Waals surface area contributed by atoms with Gasteiger partial charge in [-0.25, -0.2) is 4.39 Å². The van der Waals surface area contributed by atoms with E-state index >= 15 is 0 Å². The maximum atomic E-state index is 14.0. The molecule has 3 rings (SSSR count). The fraction of sp³-hybridized carbons (Fsp3) is 0.500. The van der Waals surface area contributed by atoms with Crippen LogP contribution in [-0.2, 0) is 4.79 Å². The van der Waals surface area contributed by atoms with Crippen molar-refractivity contribution in [1.29, 1.82) is 0 Å². The molecule has 1 aliphatic heterocycles. The normalized spacial score (nSPS) is 29.1. The largest absolute Gasteiger partial charge is 0.573 e. The van der Waals surface area contributed by atoms with Gasteiger partial charge in [0, 0.05) is 11.5 Å². The monoisotopic (exact) mass is 334 g/mol. The number of anilines is 1. The second-order valence-electron chi connectivity index (χ2n) is 5.86. The molecule has 1 saturated carbocycles. The molecule has 3 N–H and O–H groups in total. The third-order valence-electron chi connectivity index (χ3n) is 4.28. The maximum Gasteiger partial charge on any atom is 0.573 e. The van der Waals surface area contributed by atoms with E-state index in [2.05, 4.69) is 15.4 Å². The number of piperidine rings is 1. The van der Waals surface area contributed by atoms with Crippen LogP contribution in [0.25, 0.3) is 0 Å². The van der Waals surface area contributed by atoms with Gasteiger partial charge in [-0.1, -0.05) is 6.07 Å². The van der Waals surface area contributed by atoms with E-state index in [1.807, 2.05) is 0 Å². The van der Waals surface area contributed by atoms with Gasteiger partial charge in [-0.15, -0.1) is 13.2 Å². The van der Waals surface area contributed by atoms with Gasteiger partial charge in [-0.3, -0.25) is 4.79 Å². The highest BCUT2D eigenvalue weighted by Crippen LogP contribution is 2.54. The second-order valence-corrected chi connectivity index (χ2v) is 5.86. The summed E-state index contributed by atoms with van der Waals surface area (Å²) in [7, 11) is 0. The van der Waals surface area contributed by atoms with Gasteiger partial charge in [-0.2, -0.15) is 0 Å². The predicted molar refractivity (Wildman–Crippen MR) is 71.2 cm³/mol. The number of alkyl halides is 3. The van der Waals surface area contributed by atoms with Crippen LogP contribution in [-0.4, -0.2) is 36.1 Å². The average Bonchev–Trinajstić information content (AvgIpc) is 3.03. The number of hydrogen-bond acceptors (Lipinski definition) is 4. The first-order chi connectivity index (χ1) is 10.7. The van der Waals surface area contributed by atoms with E-state index < -0.39 is 35.6 Å². The van der Waals surface area contributed by atoms with Gasteiger partial charge in [0.1, 0.15) is 0 Å². The molecule has 1 aromatic rings. The summed E-state index contributed by atoms with van der Waals surface area (Å²) in [6, 6.07) is 2.55. The van der Waals surface area contributed by atoms with Crippen molar-refractivity contribution in [3.8, 4) is 5.75 Å². The number of ether oxygens (including phenoxy) is 1. The first kappa shape index (κ1) is 16.0. The lowest BCUT2D eigenvalue weighted by Crippen LogP contribution is -2.38.